The fraction of sp³-hybridized carbons (Fsp3) is 0.822. The van der Waals surface area contributed by atoms with Crippen LogP contribution in [0.4, 0.5) is 0 Å². The van der Waals surface area contributed by atoms with Crippen LogP contribution in [-0.4, -0.2) is 61.4 Å². The number of carbonyl (C=O) groups excluding carboxylic acids is 3. The molecule has 0 aliphatic heterocycles. The normalized spacial score (nSPS) is 12.9. The molecular weight excluding hydrogens is 784 g/mol. The van der Waals surface area contributed by atoms with Gasteiger partial charge in [0.2, 0.25) is 5.91 Å². The van der Waals surface area contributed by atoms with Gasteiger partial charge in [-0.05, 0) is 64.2 Å². The molecule has 0 rings (SSSR count). The third-order valence-electron chi connectivity index (χ3n) is 9.67. The Morgan fingerprint density at radius 3 is 1.46 bits per heavy atom. The maximum atomic E-state index is 12.7. The zero-order valence-electron chi connectivity index (χ0n) is 37.4. The van der Waals surface area contributed by atoms with Gasteiger partial charge in [-0.3, -0.25) is 23.7 Å². The van der Waals surface area contributed by atoms with Gasteiger partial charge < -0.3 is 33.8 Å². The Morgan fingerprint density at radius 1 is 0.576 bits per heavy atom. The van der Waals surface area contributed by atoms with Gasteiger partial charge in [0.1, 0.15) is 6.61 Å². The van der Waals surface area contributed by atoms with Gasteiger partial charge in [0, 0.05) is 25.8 Å². The summed E-state index contributed by atoms with van der Waals surface area (Å²) < 4.78 is 32.9. The summed E-state index contributed by atoms with van der Waals surface area (Å²) in [5, 5.41) is 11.0. The van der Waals surface area contributed by atoms with Crippen molar-refractivity contribution in [3.63, 3.8) is 0 Å². The molecule has 0 bridgehead atoms. The van der Waals surface area contributed by atoms with E-state index >= 15 is 0 Å². The molecule has 12 nitrogen and oxygen atoms in total. The Labute approximate surface area is 380 Å². The molecule has 2 N–H and O–H groups in total. The van der Waals surface area contributed by atoms with Crippen LogP contribution in [0.15, 0.2) is 24.3 Å². The minimum absolute atomic E-state index is 0. The van der Waals surface area contributed by atoms with Gasteiger partial charge >= 0.3 is 47.5 Å². The number of carboxylic acids is 1. The van der Waals surface area contributed by atoms with Gasteiger partial charge in [-0.1, -0.05) is 141 Å². The molecule has 0 saturated heterocycles. The van der Waals surface area contributed by atoms with Crippen LogP contribution < -0.4 is 39.8 Å². The Bertz CT molecular complexity index is 1140. The predicted octanol–water partition coefficient (Wildman–Crippen LogP) is 8.00. The zero-order chi connectivity index (χ0) is 42.8. The largest absolute Gasteiger partial charge is 1.00 e. The monoisotopic (exact) mass is 866 g/mol. The number of phosphoric acid groups is 1. The number of phosphoric ester groups is 1. The number of carbonyl (C=O) groups is 4. The number of unbranched alkanes of at least 4 members (excludes halogenated alkanes) is 22. The standard InChI is InChI=1S/C45H82NO11P.Na/c1-3-5-7-9-11-13-15-17-19-21-23-25-27-29-31-33-44(50)54-39-41(40-56-58(52,53)55-38-37-46-42(47)35-36-43(48)49)57-45(51)34-32-30-28-26-24-22-20-18-16-14-12-10-8-6-4-2;/h17-20,41H,3-16,21-40H2,1-2H3,(H,46,47)(H,48,49)(H,52,53);/q;+1/p-1/b19-17+,20-18+;. The van der Waals surface area contributed by atoms with E-state index in [4.69, 9.17) is 23.6 Å². The molecule has 0 saturated carbocycles. The van der Waals surface area contributed by atoms with E-state index < -0.39 is 51.0 Å². The van der Waals surface area contributed by atoms with E-state index in [1.165, 1.54) is 77.0 Å². The zero-order valence-corrected chi connectivity index (χ0v) is 40.3. The number of aliphatic carboxylic acids is 1. The number of ether oxygens (including phenoxy) is 2. The fourth-order valence-electron chi connectivity index (χ4n) is 6.17. The van der Waals surface area contributed by atoms with Crippen LogP contribution in [0.1, 0.15) is 206 Å². The summed E-state index contributed by atoms with van der Waals surface area (Å²) in [7, 11) is -4.86. The van der Waals surface area contributed by atoms with E-state index in [2.05, 4.69) is 43.5 Å². The van der Waals surface area contributed by atoms with E-state index in [-0.39, 0.29) is 68.4 Å². The van der Waals surface area contributed by atoms with Crippen LogP contribution in [0.5, 0.6) is 0 Å². The van der Waals surface area contributed by atoms with Crippen LogP contribution in [-0.2, 0) is 42.3 Å². The van der Waals surface area contributed by atoms with Crippen molar-refractivity contribution >= 4 is 31.6 Å². The summed E-state index contributed by atoms with van der Waals surface area (Å²) >= 11 is 0. The van der Waals surface area contributed by atoms with Gasteiger partial charge in [-0.25, -0.2) is 0 Å². The molecule has 14 heteroatoms. The van der Waals surface area contributed by atoms with Crippen molar-refractivity contribution in [3.05, 3.63) is 24.3 Å². The first kappa shape index (κ1) is 59.6. The van der Waals surface area contributed by atoms with Crippen molar-refractivity contribution in [2.45, 2.75) is 213 Å². The minimum Gasteiger partial charge on any atom is -0.756 e. The average Bonchev–Trinajstić information content (AvgIpc) is 3.19. The van der Waals surface area contributed by atoms with Crippen molar-refractivity contribution in [1.29, 1.82) is 0 Å². The number of nitrogens with one attached hydrogen (secondary N) is 1. The predicted molar refractivity (Wildman–Crippen MR) is 229 cm³/mol. The Kier molecular flexibility index (Phi) is 44.9. The SMILES string of the molecule is CCCCCCCC/C=C/CCCCCCCC(=O)OCC(COP(=O)([O-])OCCNC(=O)CCC(=O)O)OC(=O)CCCCCCC/C=C/CCCCCCCC.[Na+]. The maximum absolute atomic E-state index is 12.7. The Morgan fingerprint density at radius 2 is 1.00 bits per heavy atom. The molecule has 0 aromatic rings. The third-order valence-corrected chi connectivity index (χ3v) is 10.6. The summed E-state index contributed by atoms with van der Waals surface area (Å²) in [5.74, 6) is -2.68. The van der Waals surface area contributed by atoms with Crippen molar-refractivity contribution < 1.29 is 81.8 Å². The summed E-state index contributed by atoms with van der Waals surface area (Å²) in [5.41, 5.74) is 0. The molecular formula is C45H81NNaO11P. The number of amides is 1. The topological polar surface area (TPSA) is 178 Å². The van der Waals surface area contributed by atoms with Crippen molar-refractivity contribution in [1.82, 2.24) is 5.32 Å². The van der Waals surface area contributed by atoms with Crippen molar-refractivity contribution in [2.24, 2.45) is 0 Å². The summed E-state index contributed by atoms with van der Waals surface area (Å²) in [6.45, 7) is 2.88. The Balaban J connectivity index is 0. The molecule has 338 valence electrons. The first-order chi connectivity index (χ1) is 28.1. The van der Waals surface area contributed by atoms with Crippen LogP contribution in [0, 0.1) is 0 Å². The van der Waals surface area contributed by atoms with E-state index in [0.29, 0.717) is 12.8 Å². The molecule has 0 spiro atoms. The van der Waals surface area contributed by atoms with Gasteiger partial charge in [0.15, 0.2) is 6.10 Å². The fourth-order valence-corrected chi connectivity index (χ4v) is 6.91. The number of esters is 2. The number of carboxylic acid groups (broad SMARTS) is 1. The molecule has 0 aromatic carbocycles. The first-order valence-electron chi connectivity index (χ1n) is 22.8. The number of allylic oxidation sites excluding steroid dienone is 4. The smallest absolute Gasteiger partial charge is 0.756 e. The molecule has 0 aliphatic rings. The summed E-state index contributed by atoms with van der Waals surface area (Å²) in [6, 6.07) is 0. The van der Waals surface area contributed by atoms with Gasteiger partial charge in [0.25, 0.3) is 7.82 Å². The van der Waals surface area contributed by atoms with Crippen molar-refractivity contribution in [2.75, 3.05) is 26.4 Å². The first-order valence-corrected chi connectivity index (χ1v) is 24.3. The molecule has 2 unspecified atom stereocenters. The van der Waals surface area contributed by atoms with E-state index in [1.54, 1.807) is 0 Å². The number of hydrogen-bond donors (Lipinski definition) is 2. The molecule has 2 atom stereocenters. The molecule has 0 aliphatic carbocycles. The van der Waals surface area contributed by atoms with Crippen LogP contribution in [0.3, 0.4) is 0 Å². The van der Waals surface area contributed by atoms with Crippen molar-refractivity contribution in [3.8, 4) is 0 Å². The van der Waals surface area contributed by atoms with E-state index in [1.807, 2.05) is 0 Å². The molecule has 59 heavy (non-hydrogen) atoms. The number of rotatable bonds is 43. The molecule has 0 aromatic heterocycles. The second-order valence-corrected chi connectivity index (χ2v) is 16.7. The average molecular weight is 866 g/mol. The third kappa shape index (κ3) is 45.8. The second kappa shape index (κ2) is 44.5. The maximum Gasteiger partial charge on any atom is 1.00 e. The summed E-state index contributed by atoms with van der Waals surface area (Å²) in [4.78, 5) is 59.7. The quantitative estimate of drug-likeness (QED) is 0.0200. The second-order valence-electron chi connectivity index (χ2n) is 15.3. The minimum atomic E-state index is -4.86. The molecule has 0 fully saturated rings. The van der Waals surface area contributed by atoms with E-state index in [0.717, 1.165) is 77.0 Å². The number of hydrogen-bond acceptors (Lipinski definition) is 10. The summed E-state index contributed by atoms with van der Waals surface area (Å²) in [6.07, 6.45) is 37.3. The van der Waals surface area contributed by atoms with Crippen LogP contribution in [0.25, 0.3) is 0 Å². The van der Waals surface area contributed by atoms with E-state index in [9.17, 15) is 28.6 Å². The van der Waals surface area contributed by atoms with Gasteiger partial charge in [-0.2, -0.15) is 0 Å². The van der Waals surface area contributed by atoms with Gasteiger partial charge in [-0.15, -0.1) is 0 Å². The molecule has 1 amide bonds. The molecule has 0 heterocycles. The Hall–Kier alpha value is -1.53. The van der Waals surface area contributed by atoms with Crippen LogP contribution in [0.2, 0.25) is 0 Å². The van der Waals surface area contributed by atoms with Gasteiger partial charge in [0.05, 0.1) is 19.6 Å². The molecule has 0 radical (unpaired) electrons. The van der Waals surface area contributed by atoms with Crippen LogP contribution >= 0.6 is 7.82 Å².